The van der Waals surface area contributed by atoms with E-state index in [0.29, 0.717) is 0 Å². The topological polar surface area (TPSA) is 35.2 Å². The van der Waals surface area contributed by atoms with E-state index in [0.717, 1.165) is 37.7 Å². The summed E-state index contributed by atoms with van der Waals surface area (Å²) in [6.45, 7) is 2.11. The maximum Gasteiger partial charge on any atom is 0.573 e. The lowest BCUT2D eigenvalue weighted by Gasteiger charge is -2.12. The molecule has 0 spiro atoms. The van der Waals surface area contributed by atoms with E-state index in [1.165, 1.54) is 12.1 Å². The Hall–Kier alpha value is -1.39. The van der Waals surface area contributed by atoms with Gasteiger partial charge in [0.15, 0.2) is 5.75 Å². The molecule has 1 aromatic carbocycles. The minimum absolute atomic E-state index is 0.00429. The third-order valence-electron chi connectivity index (χ3n) is 2.62. The first-order valence-electron chi connectivity index (χ1n) is 6.06. The molecule has 0 aliphatic heterocycles. The third kappa shape index (κ3) is 5.29. The molecule has 0 radical (unpaired) electrons. The van der Waals surface area contributed by atoms with Gasteiger partial charge < -0.3 is 10.5 Å². The maximum absolute atomic E-state index is 12.1. The average Bonchev–Trinajstić information content (AvgIpc) is 2.27. The fourth-order valence-corrected chi connectivity index (χ4v) is 1.70. The monoisotopic (exact) mass is 261 g/mol. The lowest BCUT2D eigenvalue weighted by atomic mass is 10.1. The Bertz CT molecular complexity index is 377. The van der Waals surface area contributed by atoms with Gasteiger partial charge in [-0.3, -0.25) is 0 Å². The Morgan fingerprint density at radius 1 is 1.17 bits per heavy atom. The van der Waals surface area contributed by atoms with E-state index in [9.17, 15) is 13.2 Å². The SMILES string of the molecule is CCCCCCc1ccc(N)c(OC(F)(F)F)c1. The van der Waals surface area contributed by atoms with E-state index >= 15 is 0 Å². The van der Waals surface area contributed by atoms with Crippen molar-refractivity contribution in [3.8, 4) is 5.75 Å². The summed E-state index contributed by atoms with van der Waals surface area (Å²) in [5.74, 6) is -0.310. The first-order valence-corrected chi connectivity index (χ1v) is 6.06. The van der Waals surface area contributed by atoms with Gasteiger partial charge in [-0.2, -0.15) is 0 Å². The number of nitrogens with two attached hydrogens (primary N) is 1. The molecule has 0 saturated carbocycles. The number of unbranched alkanes of at least 4 members (excludes halogenated alkanes) is 3. The molecule has 0 unspecified atom stereocenters. The Labute approximate surface area is 105 Å². The molecule has 0 aliphatic rings. The van der Waals surface area contributed by atoms with Gasteiger partial charge in [0.05, 0.1) is 5.69 Å². The standard InChI is InChI=1S/C13H18F3NO/c1-2-3-4-5-6-10-7-8-11(17)12(9-10)18-13(14,15)16/h7-9H,2-6,17H2,1H3. The van der Waals surface area contributed by atoms with Crippen LogP contribution >= 0.6 is 0 Å². The molecule has 0 bridgehead atoms. The average molecular weight is 261 g/mol. The third-order valence-corrected chi connectivity index (χ3v) is 2.62. The van der Waals surface area contributed by atoms with Crippen molar-refractivity contribution in [3.05, 3.63) is 23.8 Å². The summed E-state index contributed by atoms with van der Waals surface area (Å²) < 4.78 is 40.3. The van der Waals surface area contributed by atoms with Gasteiger partial charge in [-0.15, -0.1) is 13.2 Å². The molecule has 0 atom stereocenters. The fourth-order valence-electron chi connectivity index (χ4n) is 1.70. The predicted molar refractivity (Wildman–Crippen MR) is 65.4 cm³/mol. The molecule has 0 aliphatic carbocycles. The molecule has 0 fully saturated rings. The van der Waals surface area contributed by atoms with Crippen molar-refractivity contribution in [1.29, 1.82) is 0 Å². The van der Waals surface area contributed by atoms with Gasteiger partial charge in [-0.05, 0) is 30.5 Å². The highest BCUT2D eigenvalue weighted by molar-refractivity contribution is 5.54. The second-order valence-corrected chi connectivity index (χ2v) is 4.23. The maximum atomic E-state index is 12.1. The van der Waals surface area contributed by atoms with Gasteiger partial charge in [0, 0.05) is 0 Å². The molecule has 5 heteroatoms. The molecule has 2 N–H and O–H groups in total. The molecule has 2 nitrogen and oxygen atoms in total. The molecule has 1 aromatic rings. The number of hydrogen-bond acceptors (Lipinski definition) is 2. The van der Waals surface area contributed by atoms with Crippen LogP contribution in [0.5, 0.6) is 5.75 Å². The molecule has 0 aromatic heterocycles. The van der Waals surface area contributed by atoms with Crippen LogP contribution in [0.25, 0.3) is 0 Å². The van der Waals surface area contributed by atoms with Gasteiger partial charge in [-0.1, -0.05) is 32.3 Å². The number of aryl methyl sites for hydroxylation is 1. The van der Waals surface area contributed by atoms with Gasteiger partial charge in [0.25, 0.3) is 0 Å². The van der Waals surface area contributed by atoms with E-state index in [1.807, 2.05) is 0 Å². The van der Waals surface area contributed by atoms with Crippen molar-refractivity contribution >= 4 is 5.69 Å². The number of benzene rings is 1. The lowest BCUT2D eigenvalue weighted by Crippen LogP contribution is -2.18. The van der Waals surface area contributed by atoms with Crippen LogP contribution in [-0.4, -0.2) is 6.36 Å². The van der Waals surface area contributed by atoms with Crippen LogP contribution in [0.2, 0.25) is 0 Å². The van der Waals surface area contributed by atoms with Gasteiger partial charge in [0.1, 0.15) is 0 Å². The van der Waals surface area contributed by atoms with Gasteiger partial charge in [-0.25, -0.2) is 0 Å². The quantitative estimate of drug-likeness (QED) is 0.612. The number of hydrogen-bond donors (Lipinski definition) is 1. The zero-order chi connectivity index (χ0) is 13.6. The number of nitrogen functional groups attached to an aromatic ring is 1. The summed E-state index contributed by atoms with van der Waals surface area (Å²) in [5, 5.41) is 0. The first kappa shape index (κ1) is 14.7. The van der Waals surface area contributed by atoms with Crippen molar-refractivity contribution in [2.45, 2.75) is 45.4 Å². The number of rotatable bonds is 6. The normalized spacial score (nSPS) is 11.6. The highest BCUT2D eigenvalue weighted by atomic mass is 19.4. The van der Waals surface area contributed by atoms with Crippen LogP contribution in [-0.2, 0) is 6.42 Å². The number of ether oxygens (including phenoxy) is 1. The van der Waals surface area contributed by atoms with E-state index in [4.69, 9.17) is 5.73 Å². The molecule has 18 heavy (non-hydrogen) atoms. The first-order chi connectivity index (χ1) is 8.42. The second kappa shape index (κ2) is 6.52. The van der Waals surface area contributed by atoms with Crippen LogP contribution in [0, 0.1) is 0 Å². The molecule has 102 valence electrons. The van der Waals surface area contributed by atoms with Crippen molar-refractivity contribution in [3.63, 3.8) is 0 Å². The summed E-state index contributed by atoms with van der Waals surface area (Å²) in [5.41, 5.74) is 6.27. The Morgan fingerprint density at radius 2 is 1.89 bits per heavy atom. The largest absolute Gasteiger partial charge is 0.573 e. The second-order valence-electron chi connectivity index (χ2n) is 4.23. The zero-order valence-electron chi connectivity index (χ0n) is 10.4. The lowest BCUT2D eigenvalue weighted by molar-refractivity contribution is -0.274. The van der Waals surface area contributed by atoms with E-state index in [-0.39, 0.29) is 11.4 Å². The Kier molecular flexibility index (Phi) is 5.31. The molecular formula is C13H18F3NO. The summed E-state index contributed by atoms with van der Waals surface area (Å²) in [7, 11) is 0. The van der Waals surface area contributed by atoms with Gasteiger partial charge in [0.2, 0.25) is 0 Å². The van der Waals surface area contributed by atoms with Crippen molar-refractivity contribution in [2.24, 2.45) is 0 Å². The number of halogens is 3. The Balaban J connectivity index is 2.63. The van der Waals surface area contributed by atoms with Crippen molar-refractivity contribution in [1.82, 2.24) is 0 Å². The molecule has 1 rings (SSSR count). The highest BCUT2D eigenvalue weighted by Crippen LogP contribution is 2.29. The molecule has 0 saturated heterocycles. The number of anilines is 1. The summed E-state index contributed by atoms with van der Waals surface area (Å²) in [6, 6.07) is 4.56. The summed E-state index contributed by atoms with van der Waals surface area (Å²) in [6.07, 6.45) is 0.355. The Morgan fingerprint density at radius 3 is 2.50 bits per heavy atom. The van der Waals surface area contributed by atoms with Crippen molar-refractivity contribution in [2.75, 3.05) is 5.73 Å². The predicted octanol–water partition coefficient (Wildman–Crippen LogP) is 4.29. The molecule has 0 amide bonds. The van der Waals surface area contributed by atoms with Crippen LogP contribution in [0.15, 0.2) is 18.2 Å². The van der Waals surface area contributed by atoms with E-state index in [2.05, 4.69) is 11.7 Å². The van der Waals surface area contributed by atoms with E-state index < -0.39 is 6.36 Å². The molecule has 0 heterocycles. The van der Waals surface area contributed by atoms with E-state index in [1.54, 1.807) is 6.07 Å². The fraction of sp³-hybridized carbons (Fsp3) is 0.538. The molecular weight excluding hydrogens is 243 g/mol. The van der Waals surface area contributed by atoms with Crippen LogP contribution < -0.4 is 10.5 Å². The zero-order valence-corrected chi connectivity index (χ0v) is 10.4. The van der Waals surface area contributed by atoms with Crippen LogP contribution in [0.1, 0.15) is 38.2 Å². The van der Waals surface area contributed by atoms with Crippen LogP contribution in [0.4, 0.5) is 18.9 Å². The highest BCUT2D eigenvalue weighted by Gasteiger charge is 2.31. The van der Waals surface area contributed by atoms with Crippen molar-refractivity contribution < 1.29 is 17.9 Å². The summed E-state index contributed by atoms with van der Waals surface area (Å²) >= 11 is 0. The minimum atomic E-state index is -4.70. The summed E-state index contributed by atoms with van der Waals surface area (Å²) in [4.78, 5) is 0. The van der Waals surface area contributed by atoms with Crippen LogP contribution in [0.3, 0.4) is 0 Å². The minimum Gasteiger partial charge on any atom is -0.404 e. The number of alkyl halides is 3. The smallest absolute Gasteiger partial charge is 0.404 e. The van der Waals surface area contributed by atoms with Gasteiger partial charge >= 0.3 is 6.36 Å².